The van der Waals surface area contributed by atoms with Crippen LogP contribution in [0.4, 0.5) is 5.69 Å². The van der Waals surface area contributed by atoms with Crippen molar-refractivity contribution in [2.75, 3.05) is 5.32 Å². The number of aromatic nitrogens is 2. The van der Waals surface area contributed by atoms with Crippen LogP contribution in [0, 0.1) is 5.92 Å². The van der Waals surface area contributed by atoms with Gasteiger partial charge in [-0.15, -0.1) is 10.2 Å². The second-order valence-corrected chi connectivity index (χ2v) is 5.81. The Bertz CT molecular complexity index is 488. The van der Waals surface area contributed by atoms with E-state index in [4.69, 9.17) is 23.2 Å². The summed E-state index contributed by atoms with van der Waals surface area (Å²) in [6, 6.07) is 1.50. The zero-order valence-corrected chi connectivity index (χ0v) is 12.0. The highest BCUT2D eigenvalue weighted by Crippen LogP contribution is 2.36. The molecular formula is C12H15Cl2N3O2. The van der Waals surface area contributed by atoms with Gasteiger partial charge in [0.2, 0.25) is 0 Å². The van der Waals surface area contributed by atoms with E-state index in [2.05, 4.69) is 22.4 Å². The maximum atomic E-state index is 11.6. The largest absolute Gasteiger partial charge is 0.480 e. The van der Waals surface area contributed by atoms with Crippen LogP contribution in [0.2, 0.25) is 10.3 Å². The Balaban J connectivity index is 2.26. The summed E-state index contributed by atoms with van der Waals surface area (Å²) in [6.45, 7) is 2.13. The van der Waals surface area contributed by atoms with Crippen molar-refractivity contribution in [2.24, 2.45) is 5.92 Å². The minimum absolute atomic E-state index is 0.128. The van der Waals surface area contributed by atoms with E-state index in [1.54, 1.807) is 0 Å². The van der Waals surface area contributed by atoms with Crippen LogP contribution < -0.4 is 5.32 Å². The molecule has 0 spiro atoms. The van der Waals surface area contributed by atoms with Crippen molar-refractivity contribution in [3.8, 4) is 0 Å². The second-order valence-electron chi connectivity index (χ2n) is 5.07. The lowest BCUT2D eigenvalue weighted by atomic mass is 9.77. The van der Waals surface area contributed by atoms with Gasteiger partial charge in [0.15, 0.2) is 10.3 Å². The molecule has 0 aliphatic heterocycles. The van der Waals surface area contributed by atoms with Crippen LogP contribution in [0.1, 0.15) is 32.6 Å². The van der Waals surface area contributed by atoms with Crippen molar-refractivity contribution in [3.05, 3.63) is 16.4 Å². The van der Waals surface area contributed by atoms with E-state index in [1.807, 2.05) is 0 Å². The van der Waals surface area contributed by atoms with Gasteiger partial charge in [-0.1, -0.05) is 30.1 Å². The standard InChI is InChI=1S/C12H15Cl2N3O2/c1-7-2-4-12(5-3-7,11(18)19)15-8-6-9(13)16-17-10(8)14/h6-7H,2-5H2,1H3,(H,15,16)(H,18,19). The number of nitrogens with zero attached hydrogens (tertiary/aromatic N) is 2. The molecule has 1 aliphatic rings. The monoisotopic (exact) mass is 303 g/mol. The number of anilines is 1. The number of halogens is 2. The smallest absolute Gasteiger partial charge is 0.329 e. The van der Waals surface area contributed by atoms with Crippen molar-refractivity contribution in [1.29, 1.82) is 0 Å². The minimum Gasteiger partial charge on any atom is -0.480 e. The average Bonchev–Trinajstić information content (AvgIpc) is 2.36. The molecule has 2 rings (SSSR count). The Morgan fingerprint density at radius 2 is 2.05 bits per heavy atom. The normalized spacial score (nSPS) is 27.0. The molecule has 0 atom stereocenters. The summed E-state index contributed by atoms with van der Waals surface area (Å²) < 4.78 is 0. The summed E-state index contributed by atoms with van der Waals surface area (Å²) in [5.74, 6) is -0.327. The number of hydrogen-bond donors (Lipinski definition) is 2. The van der Waals surface area contributed by atoms with Crippen LogP contribution in [0.3, 0.4) is 0 Å². The molecule has 1 saturated carbocycles. The van der Waals surface area contributed by atoms with Gasteiger partial charge in [0.1, 0.15) is 5.54 Å². The average molecular weight is 304 g/mol. The predicted octanol–water partition coefficient (Wildman–Crippen LogP) is 3.23. The molecule has 1 aromatic rings. The van der Waals surface area contributed by atoms with E-state index < -0.39 is 11.5 Å². The molecule has 0 radical (unpaired) electrons. The molecule has 5 nitrogen and oxygen atoms in total. The molecule has 1 fully saturated rings. The third-order valence-electron chi connectivity index (χ3n) is 3.63. The lowest BCUT2D eigenvalue weighted by molar-refractivity contribution is -0.143. The van der Waals surface area contributed by atoms with Gasteiger partial charge in [-0.2, -0.15) is 0 Å². The number of aliphatic carboxylic acids is 1. The zero-order valence-electron chi connectivity index (χ0n) is 10.5. The van der Waals surface area contributed by atoms with Crippen LogP contribution in [0.15, 0.2) is 6.07 Å². The molecule has 0 amide bonds. The van der Waals surface area contributed by atoms with E-state index in [0.29, 0.717) is 24.4 Å². The number of carbonyl (C=O) groups is 1. The maximum absolute atomic E-state index is 11.6. The molecule has 0 aromatic carbocycles. The Morgan fingerprint density at radius 3 is 2.63 bits per heavy atom. The van der Waals surface area contributed by atoms with Crippen molar-refractivity contribution in [3.63, 3.8) is 0 Å². The second kappa shape index (κ2) is 5.51. The van der Waals surface area contributed by atoms with Gasteiger partial charge in [0.05, 0.1) is 5.69 Å². The quantitative estimate of drug-likeness (QED) is 0.896. The fourth-order valence-electron chi connectivity index (χ4n) is 2.35. The summed E-state index contributed by atoms with van der Waals surface area (Å²) in [5, 5.41) is 20.1. The number of nitrogens with one attached hydrogen (secondary N) is 1. The van der Waals surface area contributed by atoms with Crippen LogP contribution in [0.5, 0.6) is 0 Å². The molecular weight excluding hydrogens is 289 g/mol. The third-order valence-corrected chi connectivity index (χ3v) is 4.09. The van der Waals surface area contributed by atoms with Gasteiger partial charge >= 0.3 is 5.97 Å². The molecule has 0 bridgehead atoms. The molecule has 2 N–H and O–H groups in total. The first-order chi connectivity index (χ1) is 8.93. The first-order valence-electron chi connectivity index (χ1n) is 6.13. The Labute approximate surface area is 121 Å². The molecule has 1 aliphatic carbocycles. The predicted molar refractivity (Wildman–Crippen MR) is 73.7 cm³/mol. The molecule has 1 aromatic heterocycles. The van der Waals surface area contributed by atoms with Crippen LogP contribution >= 0.6 is 23.2 Å². The van der Waals surface area contributed by atoms with Gasteiger partial charge in [-0.3, -0.25) is 0 Å². The van der Waals surface area contributed by atoms with Gasteiger partial charge in [0, 0.05) is 6.07 Å². The van der Waals surface area contributed by atoms with Crippen molar-refractivity contribution in [1.82, 2.24) is 10.2 Å². The summed E-state index contributed by atoms with van der Waals surface area (Å²) in [4.78, 5) is 11.6. The maximum Gasteiger partial charge on any atom is 0.329 e. The Kier molecular flexibility index (Phi) is 4.16. The zero-order chi connectivity index (χ0) is 14.0. The minimum atomic E-state index is -0.998. The highest BCUT2D eigenvalue weighted by atomic mass is 35.5. The van der Waals surface area contributed by atoms with E-state index in [1.165, 1.54) is 6.07 Å². The molecule has 104 valence electrons. The molecule has 0 unspecified atom stereocenters. The third kappa shape index (κ3) is 3.09. The van der Waals surface area contributed by atoms with Crippen LogP contribution in [-0.2, 0) is 4.79 Å². The number of hydrogen-bond acceptors (Lipinski definition) is 4. The highest BCUT2D eigenvalue weighted by molar-refractivity contribution is 6.33. The van der Waals surface area contributed by atoms with E-state index >= 15 is 0 Å². The van der Waals surface area contributed by atoms with Crippen molar-refractivity contribution >= 4 is 34.9 Å². The first kappa shape index (κ1) is 14.3. The molecule has 7 heteroatoms. The number of rotatable bonds is 3. The van der Waals surface area contributed by atoms with Crippen LogP contribution in [-0.4, -0.2) is 26.8 Å². The van der Waals surface area contributed by atoms with E-state index in [0.717, 1.165) is 12.8 Å². The van der Waals surface area contributed by atoms with E-state index in [-0.39, 0.29) is 10.3 Å². The lowest BCUT2D eigenvalue weighted by Gasteiger charge is -2.37. The van der Waals surface area contributed by atoms with E-state index in [9.17, 15) is 9.90 Å². The summed E-state index contributed by atoms with van der Waals surface area (Å²) in [7, 11) is 0. The van der Waals surface area contributed by atoms with Gasteiger partial charge in [0.25, 0.3) is 0 Å². The summed E-state index contributed by atoms with van der Waals surface area (Å²) in [5.41, 5.74) is -0.582. The first-order valence-corrected chi connectivity index (χ1v) is 6.89. The Hall–Kier alpha value is -1.07. The fraction of sp³-hybridized carbons (Fsp3) is 0.583. The van der Waals surface area contributed by atoms with Crippen LogP contribution in [0.25, 0.3) is 0 Å². The topological polar surface area (TPSA) is 75.1 Å². The molecule has 19 heavy (non-hydrogen) atoms. The highest BCUT2D eigenvalue weighted by Gasteiger charge is 2.41. The fourth-order valence-corrected chi connectivity index (χ4v) is 2.63. The summed E-state index contributed by atoms with van der Waals surface area (Å²) in [6.07, 6.45) is 2.84. The van der Waals surface area contributed by atoms with Gasteiger partial charge in [-0.25, -0.2) is 4.79 Å². The molecule has 0 saturated heterocycles. The van der Waals surface area contributed by atoms with Gasteiger partial charge in [-0.05, 0) is 31.6 Å². The number of carboxylic acids is 1. The van der Waals surface area contributed by atoms with Crippen molar-refractivity contribution in [2.45, 2.75) is 38.1 Å². The SMILES string of the molecule is CC1CCC(Nc2cc(Cl)nnc2Cl)(C(=O)O)CC1. The summed E-state index contributed by atoms with van der Waals surface area (Å²) >= 11 is 11.7. The number of carboxylic acid groups (broad SMARTS) is 1. The Morgan fingerprint density at radius 1 is 1.42 bits per heavy atom. The van der Waals surface area contributed by atoms with Gasteiger partial charge < -0.3 is 10.4 Å². The van der Waals surface area contributed by atoms with Crippen molar-refractivity contribution < 1.29 is 9.90 Å². The lowest BCUT2D eigenvalue weighted by Crippen LogP contribution is -2.49. The molecule has 1 heterocycles.